The molecule has 0 radical (unpaired) electrons. The van der Waals surface area contributed by atoms with Gasteiger partial charge in [-0.25, -0.2) is 8.42 Å². The first-order chi connectivity index (χ1) is 12.3. The molecule has 0 aromatic heterocycles. The standard InChI is InChI=1S/C18H20BrClN2O3S/c1-2-11-21-18(23)13-22(12-14-5-3-4-6-17(14)20)26(24,25)16-9-7-15(19)8-10-16/h3-10H,2,11-13H2,1H3,(H,21,23). The van der Waals surface area contributed by atoms with Crippen LogP contribution in [0.15, 0.2) is 57.9 Å². The van der Waals surface area contributed by atoms with E-state index in [4.69, 9.17) is 11.6 Å². The first kappa shape index (κ1) is 20.9. The Balaban J connectivity index is 2.34. The van der Waals surface area contributed by atoms with Crippen LogP contribution in [0.4, 0.5) is 0 Å². The Kier molecular flexibility index (Phi) is 7.64. The van der Waals surface area contributed by atoms with E-state index < -0.39 is 10.0 Å². The third kappa shape index (κ3) is 5.54. The number of amides is 1. The highest BCUT2D eigenvalue weighted by Crippen LogP contribution is 2.23. The number of hydrogen-bond donors (Lipinski definition) is 1. The van der Waals surface area contributed by atoms with Gasteiger partial charge < -0.3 is 5.32 Å². The van der Waals surface area contributed by atoms with Crippen molar-refractivity contribution < 1.29 is 13.2 Å². The van der Waals surface area contributed by atoms with E-state index in [1.165, 1.54) is 12.1 Å². The highest BCUT2D eigenvalue weighted by Gasteiger charge is 2.27. The summed E-state index contributed by atoms with van der Waals surface area (Å²) in [4.78, 5) is 12.3. The number of nitrogens with zero attached hydrogens (tertiary/aromatic N) is 1. The molecule has 1 N–H and O–H groups in total. The van der Waals surface area contributed by atoms with Gasteiger partial charge in [0.1, 0.15) is 0 Å². The summed E-state index contributed by atoms with van der Waals surface area (Å²) in [5.41, 5.74) is 0.637. The van der Waals surface area contributed by atoms with Crippen molar-refractivity contribution in [1.29, 1.82) is 0 Å². The van der Waals surface area contributed by atoms with Gasteiger partial charge in [-0.15, -0.1) is 0 Å². The molecule has 2 rings (SSSR count). The van der Waals surface area contributed by atoms with Crippen LogP contribution in [-0.2, 0) is 21.4 Å². The van der Waals surface area contributed by atoms with Gasteiger partial charge in [-0.1, -0.05) is 52.7 Å². The quantitative estimate of drug-likeness (QED) is 0.652. The second-order valence-electron chi connectivity index (χ2n) is 5.67. The van der Waals surface area contributed by atoms with E-state index in [2.05, 4.69) is 21.2 Å². The summed E-state index contributed by atoms with van der Waals surface area (Å²) < 4.78 is 28.0. The van der Waals surface area contributed by atoms with Gasteiger partial charge in [-0.3, -0.25) is 4.79 Å². The van der Waals surface area contributed by atoms with Gasteiger partial charge in [0.25, 0.3) is 0 Å². The maximum atomic E-state index is 13.1. The summed E-state index contributed by atoms with van der Waals surface area (Å²) in [5.74, 6) is -0.348. The fraction of sp³-hybridized carbons (Fsp3) is 0.278. The summed E-state index contributed by atoms with van der Waals surface area (Å²) in [6.45, 7) is 2.17. The minimum absolute atomic E-state index is 0.0115. The summed E-state index contributed by atoms with van der Waals surface area (Å²) in [5, 5.41) is 3.17. The van der Waals surface area contributed by atoms with Gasteiger partial charge in [0, 0.05) is 22.6 Å². The maximum Gasteiger partial charge on any atom is 0.243 e. The summed E-state index contributed by atoms with van der Waals surface area (Å²) in [6, 6.07) is 13.3. The van der Waals surface area contributed by atoms with Crippen LogP contribution in [-0.4, -0.2) is 31.7 Å². The molecule has 140 valence electrons. The van der Waals surface area contributed by atoms with E-state index >= 15 is 0 Å². The minimum atomic E-state index is -3.86. The summed E-state index contributed by atoms with van der Waals surface area (Å²) >= 11 is 9.47. The molecule has 0 saturated heterocycles. The van der Waals surface area contributed by atoms with E-state index in [-0.39, 0.29) is 23.9 Å². The molecule has 0 aliphatic heterocycles. The van der Waals surface area contributed by atoms with E-state index in [0.29, 0.717) is 17.1 Å². The van der Waals surface area contributed by atoms with Crippen LogP contribution in [0, 0.1) is 0 Å². The first-order valence-electron chi connectivity index (χ1n) is 8.10. The molecular weight excluding hydrogens is 440 g/mol. The predicted octanol–water partition coefficient (Wildman–Crippen LogP) is 3.82. The highest BCUT2D eigenvalue weighted by molar-refractivity contribution is 9.10. The van der Waals surface area contributed by atoms with Crippen molar-refractivity contribution in [3.05, 3.63) is 63.6 Å². The number of rotatable bonds is 8. The van der Waals surface area contributed by atoms with E-state index in [1.807, 2.05) is 6.92 Å². The predicted molar refractivity (Wildman–Crippen MR) is 106 cm³/mol. The maximum absolute atomic E-state index is 13.1. The third-order valence-corrected chi connectivity index (χ3v) is 6.35. The second-order valence-corrected chi connectivity index (χ2v) is 8.93. The number of benzene rings is 2. The van der Waals surface area contributed by atoms with Crippen molar-refractivity contribution in [1.82, 2.24) is 9.62 Å². The molecule has 8 heteroatoms. The first-order valence-corrected chi connectivity index (χ1v) is 10.7. The normalized spacial score (nSPS) is 11.5. The zero-order chi connectivity index (χ0) is 19.2. The lowest BCUT2D eigenvalue weighted by Gasteiger charge is -2.22. The summed E-state index contributed by atoms with van der Waals surface area (Å²) in [7, 11) is -3.86. The fourth-order valence-electron chi connectivity index (χ4n) is 2.28. The molecule has 26 heavy (non-hydrogen) atoms. The number of carbonyl (C=O) groups is 1. The van der Waals surface area contributed by atoms with Crippen LogP contribution < -0.4 is 5.32 Å². The van der Waals surface area contributed by atoms with Crippen molar-refractivity contribution >= 4 is 43.5 Å². The Labute approximate surface area is 167 Å². The Morgan fingerprint density at radius 1 is 1.15 bits per heavy atom. The largest absolute Gasteiger partial charge is 0.355 e. The smallest absolute Gasteiger partial charge is 0.243 e. The van der Waals surface area contributed by atoms with Gasteiger partial charge in [0.15, 0.2) is 0 Å². The molecule has 0 saturated carbocycles. The Bertz CT molecular complexity index is 857. The minimum Gasteiger partial charge on any atom is -0.355 e. The lowest BCUT2D eigenvalue weighted by Crippen LogP contribution is -2.40. The molecule has 2 aromatic rings. The molecule has 0 spiro atoms. The van der Waals surface area contributed by atoms with Crippen molar-refractivity contribution in [3.8, 4) is 0 Å². The molecule has 0 aliphatic carbocycles. The van der Waals surface area contributed by atoms with Crippen LogP contribution in [0.3, 0.4) is 0 Å². The van der Waals surface area contributed by atoms with Crippen LogP contribution in [0.5, 0.6) is 0 Å². The zero-order valence-electron chi connectivity index (χ0n) is 14.3. The molecule has 0 heterocycles. The van der Waals surface area contributed by atoms with E-state index in [1.54, 1.807) is 36.4 Å². The lowest BCUT2D eigenvalue weighted by atomic mass is 10.2. The molecule has 5 nitrogen and oxygen atoms in total. The second kappa shape index (κ2) is 9.50. The average Bonchev–Trinajstić information content (AvgIpc) is 2.61. The molecule has 0 aliphatic rings. The molecule has 2 aromatic carbocycles. The Hall–Kier alpha value is -1.41. The number of carbonyl (C=O) groups excluding carboxylic acids is 1. The molecular formula is C18H20BrClN2O3S. The van der Waals surface area contributed by atoms with Crippen molar-refractivity contribution in [2.45, 2.75) is 24.8 Å². The van der Waals surface area contributed by atoms with Crippen LogP contribution in [0.2, 0.25) is 5.02 Å². The molecule has 0 bridgehead atoms. The van der Waals surface area contributed by atoms with Gasteiger partial charge >= 0.3 is 0 Å². The van der Waals surface area contributed by atoms with Crippen LogP contribution in [0.25, 0.3) is 0 Å². The monoisotopic (exact) mass is 458 g/mol. The fourth-order valence-corrected chi connectivity index (χ4v) is 4.11. The zero-order valence-corrected chi connectivity index (χ0v) is 17.4. The van der Waals surface area contributed by atoms with Gasteiger partial charge in [-0.05, 0) is 42.3 Å². The van der Waals surface area contributed by atoms with Crippen molar-refractivity contribution in [2.75, 3.05) is 13.1 Å². The SMILES string of the molecule is CCCNC(=O)CN(Cc1ccccc1Cl)S(=O)(=O)c1ccc(Br)cc1. The van der Waals surface area contributed by atoms with Gasteiger partial charge in [0.05, 0.1) is 11.4 Å². The van der Waals surface area contributed by atoms with E-state index in [9.17, 15) is 13.2 Å². The number of hydrogen-bond acceptors (Lipinski definition) is 3. The third-order valence-electron chi connectivity index (χ3n) is 3.65. The Morgan fingerprint density at radius 3 is 2.42 bits per heavy atom. The lowest BCUT2D eigenvalue weighted by molar-refractivity contribution is -0.121. The van der Waals surface area contributed by atoms with Gasteiger partial charge in [-0.2, -0.15) is 4.31 Å². The van der Waals surface area contributed by atoms with Crippen LogP contribution in [0.1, 0.15) is 18.9 Å². The number of nitrogens with one attached hydrogen (secondary N) is 1. The molecule has 0 fully saturated rings. The number of sulfonamides is 1. The summed E-state index contributed by atoms with van der Waals surface area (Å²) in [6.07, 6.45) is 0.774. The molecule has 1 amide bonds. The highest BCUT2D eigenvalue weighted by atomic mass is 79.9. The average molecular weight is 460 g/mol. The molecule has 0 unspecified atom stereocenters. The number of halogens is 2. The Morgan fingerprint density at radius 2 is 1.81 bits per heavy atom. The van der Waals surface area contributed by atoms with Crippen LogP contribution >= 0.6 is 27.5 Å². The molecule has 0 atom stereocenters. The van der Waals surface area contributed by atoms with E-state index in [0.717, 1.165) is 15.2 Å². The van der Waals surface area contributed by atoms with Gasteiger partial charge in [0.2, 0.25) is 15.9 Å². The topological polar surface area (TPSA) is 66.5 Å². The van der Waals surface area contributed by atoms with Crippen molar-refractivity contribution in [2.24, 2.45) is 0 Å². The van der Waals surface area contributed by atoms with Crippen molar-refractivity contribution in [3.63, 3.8) is 0 Å².